The number of nitrogens with zero attached hydrogens (tertiary/aromatic N) is 1. The van der Waals surface area contributed by atoms with E-state index in [0.717, 1.165) is 44.5 Å². The second-order valence-electron chi connectivity index (χ2n) is 5.26. The minimum atomic E-state index is 0.861. The molecule has 0 bridgehead atoms. The maximum absolute atomic E-state index is 5.79. The van der Waals surface area contributed by atoms with E-state index in [1.54, 1.807) is 0 Å². The highest BCUT2D eigenvalue weighted by atomic mass is 16.5. The molecule has 2 aliphatic rings. The van der Waals surface area contributed by atoms with Gasteiger partial charge in [0.15, 0.2) is 0 Å². The van der Waals surface area contributed by atoms with Gasteiger partial charge < -0.3 is 10.5 Å². The van der Waals surface area contributed by atoms with E-state index in [1.807, 2.05) is 6.07 Å². The fourth-order valence-electron chi connectivity index (χ4n) is 2.37. The lowest BCUT2D eigenvalue weighted by atomic mass is 10.1. The van der Waals surface area contributed by atoms with Crippen molar-refractivity contribution in [2.75, 3.05) is 25.5 Å². The van der Waals surface area contributed by atoms with Gasteiger partial charge in [0.05, 0.1) is 6.61 Å². The fourth-order valence-corrected chi connectivity index (χ4v) is 2.37. The molecule has 1 aliphatic carbocycles. The molecule has 1 fully saturated rings. The molecule has 0 saturated heterocycles. The SMILES string of the molecule is Nc1ccc2c(c1)CN(CCOCC1CC1)C2. The summed E-state index contributed by atoms with van der Waals surface area (Å²) in [4.78, 5) is 2.43. The van der Waals surface area contributed by atoms with E-state index >= 15 is 0 Å². The van der Waals surface area contributed by atoms with E-state index in [4.69, 9.17) is 10.5 Å². The third-order valence-electron chi connectivity index (χ3n) is 3.62. The molecular weight excluding hydrogens is 212 g/mol. The van der Waals surface area contributed by atoms with Gasteiger partial charge >= 0.3 is 0 Å². The zero-order chi connectivity index (χ0) is 11.7. The Balaban J connectivity index is 1.44. The number of nitrogens with two attached hydrogens (primary N) is 1. The van der Waals surface area contributed by atoms with Gasteiger partial charge in [0, 0.05) is 31.9 Å². The van der Waals surface area contributed by atoms with Crippen LogP contribution in [0.4, 0.5) is 5.69 Å². The van der Waals surface area contributed by atoms with Gasteiger partial charge in [0.2, 0.25) is 0 Å². The lowest BCUT2D eigenvalue weighted by Gasteiger charge is -2.14. The molecule has 0 radical (unpaired) electrons. The van der Waals surface area contributed by atoms with Crippen molar-refractivity contribution < 1.29 is 4.74 Å². The Kier molecular flexibility index (Phi) is 3.04. The largest absolute Gasteiger partial charge is 0.399 e. The molecule has 1 saturated carbocycles. The number of rotatable bonds is 5. The van der Waals surface area contributed by atoms with Crippen molar-refractivity contribution in [2.24, 2.45) is 5.92 Å². The topological polar surface area (TPSA) is 38.5 Å². The van der Waals surface area contributed by atoms with E-state index in [2.05, 4.69) is 17.0 Å². The first-order valence-corrected chi connectivity index (χ1v) is 6.48. The quantitative estimate of drug-likeness (QED) is 0.623. The van der Waals surface area contributed by atoms with Crippen LogP contribution in [0.2, 0.25) is 0 Å². The first-order chi connectivity index (χ1) is 8.31. The fraction of sp³-hybridized carbons (Fsp3) is 0.571. The van der Waals surface area contributed by atoms with Crippen molar-refractivity contribution in [3.05, 3.63) is 29.3 Å². The van der Waals surface area contributed by atoms with Crippen LogP contribution in [0.25, 0.3) is 0 Å². The minimum absolute atomic E-state index is 0.861. The third kappa shape index (κ3) is 2.79. The van der Waals surface area contributed by atoms with Crippen molar-refractivity contribution in [3.8, 4) is 0 Å². The van der Waals surface area contributed by atoms with Crippen molar-refractivity contribution in [3.63, 3.8) is 0 Å². The Morgan fingerprint density at radius 2 is 2.06 bits per heavy atom. The second-order valence-corrected chi connectivity index (χ2v) is 5.26. The van der Waals surface area contributed by atoms with Crippen LogP contribution in [-0.2, 0) is 17.8 Å². The molecule has 1 aliphatic heterocycles. The first kappa shape index (κ1) is 11.1. The summed E-state index contributed by atoms with van der Waals surface area (Å²) in [6, 6.07) is 6.24. The van der Waals surface area contributed by atoms with Crippen LogP contribution in [0.1, 0.15) is 24.0 Å². The van der Waals surface area contributed by atoms with Crippen LogP contribution >= 0.6 is 0 Å². The van der Waals surface area contributed by atoms with Crippen LogP contribution < -0.4 is 5.73 Å². The molecule has 3 rings (SSSR count). The van der Waals surface area contributed by atoms with Gasteiger partial charge in [0.25, 0.3) is 0 Å². The van der Waals surface area contributed by atoms with Crippen molar-refractivity contribution >= 4 is 5.69 Å². The van der Waals surface area contributed by atoms with Crippen LogP contribution in [0, 0.1) is 5.92 Å². The Labute approximate surface area is 103 Å². The van der Waals surface area contributed by atoms with Crippen molar-refractivity contribution in [1.29, 1.82) is 0 Å². The van der Waals surface area contributed by atoms with Gasteiger partial charge in [-0.2, -0.15) is 0 Å². The summed E-state index contributed by atoms with van der Waals surface area (Å²) in [5, 5.41) is 0. The summed E-state index contributed by atoms with van der Waals surface area (Å²) in [7, 11) is 0. The van der Waals surface area contributed by atoms with E-state index in [0.29, 0.717) is 0 Å². The molecule has 0 aromatic heterocycles. The second kappa shape index (κ2) is 4.67. The number of benzene rings is 1. The smallest absolute Gasteiger partial charge is 0.0593 e. The molecular formula is C14H20N2O. The molecule has 92 valence electrons. The molecule has 0 amide bonds. The predicted molar refractivity (Wildman–Crippen MR) is 68.5 cm³/mol. The van der Waals surface area contributed by atoms with E-state index in [-0.39, 0.29) is 0 Å². The van der Waals surface area contributed by atoms with Crippen molar-refractivity contribution in [1.82, 2.24) is 4.90 Å². The van der Waals surface area contributed by atoms with Gasteiger partial charge in [-0.3, -0.25) is 4.90 Å². The molecule has 0 atom stereocenters. The molecule has 0 unspecified atom stereocenters. The highest BCUT2D eigenvalue weighted by Gasteiger charge is 2.22. The van der Waals surface area contributed by atoms with Gasteiger partial charge in [0.1, 0.15) is 0 Å². The third-order valence-corrected chi connectivity index (χ3v) is 3.62. The summed E-state index contributed by atoms with van der Waals surface area (Å²) < 4.78 is 5.68. The standard InChI is InChI=1S/C14H20N2O/c15-14-4-3-12-8-16(9-13(12)7-14)5-6-17-10-11-1-2-11/h3-4,7,11H,1-2,5-6,8-10,15H2. The Morgan fingerprint density at radius 3 is 2.88 bits per heavy atom. The van der Waals surface area contributed by atoms with Gasteiger partial charge in [-0.15, -0.1) is 0 Å². The molecule has 1 aromatic carbocycles. The van der Waals surface area contributed by atoms with E-state index in [1.165, 1.54) is 24.0 Å². The van der Waals surface area contributed by atoms with Crippen LogP contribution in [0.15, 0.2) is 18.2 Å². The number of hydrogen-bond donors (Lipinski definition) is 1. The maximum atomic E-state index is 5.79. The molecule has 3 heteroatoms. The molecule has 3 nitrogen and oxygen atoms in total. The highest BCUT2D eigenvalue weighted by Crippen LogP contribution is 2.29. The Hall–Kier alpha value is -1.06. The number of ether oxygens (including phenoxy) is 1. The number of fused-ring (bicyclic) bond motifs is 1. The molecule has 1 heterocycles. The maximum Gasteiger partial charge on any atom is 0.0593 e. The number of nitrogen functional groups attached to an aromatic ring is 1. The minimum Gasteiger partial charge on any atom is -0.399 e. The normalized spacial score (nSPS) is 19.5. The predicted octanol–water partition coefficient (Wildman–Crippen LogP) is 2.01. The molecule has 1 aromatic rings. The highest BCUT2D eigenvalue weighted by molar-refractivity contribution is 5.46. The summed E-state index contributed by atoms with van der Waals surface area (Å²) >= 11 is 0. The Morgan fingerprint density at radius 1 is 1.24 bits per heavy atom. The molecule has 2 N–H and O–H groups in total. The van der Waals surface area contributed by atoms with Gasteiger partial charge in [-0.1, -0.05) is 6.07 Å². The van der Waals surface area contributed by atoms with E-state index in [9.17, 15) is 0 Å². The molecule has 0 spiro atoms. The molecule has 17 heavy (non-hydrogen) atoms. The Bertz CT molecular complexity index is 401. The zero-order valence-electron chi connectivity index (χ0n) is 10.2. The lowest BCUT2D eigenvalue weighted by Crippen LogP contribution is -2.22. The summed E-state index contributed by atoms with van der Waals surface area (Å²) in [6.45, 7) is 4.92. The summed E-state index contributed by atoms with van der Waals surface area (Å²) in [5.74, 6) is 0.866. The lowest BCUT2D eigenvalue weighted by molar-refractivity contribution is 0.0956. The zero-order valence-corrected chi connectivity index (χ0v) is 10.2. The van der Waals surface area contributed by atoms with E-state index < -0.39 is 0 Å². The van der Waals surface area contributed by atoms with Crippen LogP contribution in [0.3, 0.4) is 0 Å². The average molecular weight is 232 g/mol. The van der Waals surface area contributed by atoms with Crippen molar-refractivity contribution in [2.45, 2.75) is 25.9 Å². The van der Waals surface area contributed by atoms with Crippen LogP contribution in [-0.4, -0.2) is 24.7 Å². The monoisotopic (exact) mass is 232 g/mol. The van der Waals surface area contributed by atoms with Gasteiger partial charge in [-0.25, -0.2) is 0 Å². The average Bonchev–Trinajstić information content (AvgIpc) is 3.04. The summed E-state index contributed by atoms with van der Waals surface area (Å²) in [5.41, 5.74) is 9.47. The number of hydrogen-bond acceptors (Lipinski definition) is 3. The van der Waals surface area contributed by atoms with Crippen LogP contribution in [0.5, 0.6) is 0 Å². The first-order valence-electron chi connectivity index (χ1n) is 6.48. The summed E-state index contributed by atoms with van der Waals surface area (Å²) in [6.07, 6.45) is 2.74. The number of anilines is 1. The van der Waals surface area contributed by atoms with Gasteiger partial charge in [-0.05, 0) is 42.0 Å².